The van der Waals surface area contributed by atoms with Crippen LogP contribution in [0.1, 0.15) is 19.3 Å². The molecule has 0 heterocycles. The normalized spacial score (nSPS) is 14.7. The summed E-state index contributed by atoms with van der Waals surface area (Å²) in [5, 5.41) is 19.7. The van der Waals surface area contributed by atoms with Gasteiger partial charge in [-0.05, 0) is 12.8 Å². The second-order valence-corrected chi connectivity index (χ2v) is 3.52. The molecule has 0 aliphatic heterocycles. The van der Waals surface area contributed by atoms with Gasteiger partial charge in [0.1, 0.15) is 0 Å². The van der Waals surface area contributed by atoms with E-state index < -0.39 is 5.97 Å². The Bertz CT molecular complexity index is 240. The summed E-state index contributed by atoms with van der Waals surface area (Å²) in [5.41, 5.74) is 0. The van der Waals surface area contributed by atoms with Gasteiger partial charge in [0.15, 0.2) is 0 Å². The number of hydrogen-bond acceptors (Lipinski definition) is 3. The van der Waals surface area contributed by atoms with Gasteiger partial charge < -0.3 is 20.4 Å². The number of carboxylic acids is 1. The highest BCUT2D eigenvalue weighted by Gasteiger charge is 2.31. The lowest BCUT2D eigenvalue weighted by Gasteiger charge is -2.21. The van der Waals surface area contributed by atoms with Crippen LogP contribution in [0.3, 0.4) is 0 Å². The third-order valence-electron chi connectivity index (χ3n) is 2.20. The summed E-state index contributed by atoms with van der Waals surface area (Å²) in [6, 6.07) is -0.0604. The summed E-state index contributed by atoms with van der Waals surface area (Å²) >= 11 is 0. The maximum atomic E-state index is 11.5. The highest BCUT2D eigenvalue weighted by atomic mass is 16.4. The van der Waals surface area contributed by atoms with Crippen molar-refractivity contribution in [3.8, 4) is 0 Å². The summed E-state index contributed by atoms with van der Waals surface area (Å²) < 4.78 is 0. The molecule has 1 aliphatic carbocycles. The molecule has 1 aliphatic rings. The average Bonchev–Trinajstić information content (AvgIpc) is 2.96. The van der Waals surface area contributed by atoms with Gasteiger partial charge in [-0.3, -0.25) is 4.79 Å². The fraction of sp³-hybridized carbons (Fsp3) is 0.778. The quantitative estimate of drug-likeness (QED) is 0.565. The number of rotatable bonds is 6. The summed E-state index contributed by atoms with van der Waals surface area (Å²) in [6.45, 7) is 0.370. The molecule has 15 heavy (non-hydrogen) atoms. The minimum atomic E-state index is -0.935. The first-order chi connectivity index (χ1) is 7.15. The molecule has 0 radical (unpaired) electrons. The van der Waals surface area contributed by atoms with Gasteiger partial charge >= 0.3 is 12.0 Å². The van der Waals surface area contributed by atoms with Gasteiger partial charge in [0, 0.05) is 19.1 Å². The van der Waals surface area contributed by atoms with Crippen molar-refractivity contribution in [2.24, 2.45) is 0 Å². The van der Waals surface area contributed by atoms with Crippen molar-refractivity contribution >= 4 is 12.0 Å². The molecule has 0 unspecified atom stereocenters. The molecule has 0 bridgehead atoms. The van der Waals surface area contributed by atoms with E-state index in [1.165, 1.54) is 0 Å². The van der Waals surface area contributed by atoms with Crippen LogP contribution < -0.4 is 5.32 Å². The molecule has 0 aromatic carbocycles. The first-order valence-corrected chi connectivity index (χ1v) is 5.02. The van der Waals surface area contributed by atoms with Gasteiger partial charge in [-0.2, -0.15) is 0 Å². The third-order valence-corrected chi connectivity index (χ3v) is 2.20. The van der Waals surface area contributed by atoms with Gasteiger partial charge in [-0.25, -0.2) is 4.79 Å². The molecule has 6 heteroatoms. The van der Waals surface area contributed by atoms with Crippen molar-refractivity contribution in [2.75, 3.05) is 19.7 Å². The Labute approximate surface area is 87.9 Å². The van der Waals surface area contributed by atoms with E-state index in [-0.39, 0.29) is 31.6 Å². The number of aliphatic hydroxyl groups excluding tert-OH is 1. The molecule has 0 aromatic rings. The fourth-order valence-electron chi connectivity index (χ4n) is 1.32. The number of amides is 2. The number of nitrogens with zero attached hydrogens (tertiary/aromatic N) is 1. The zero-order valence-electron chi connectivity index (χ0n) is 8.48. The van der Waals surface area contributed by atoms with Gasteiger partial charge in [0.05, 0.1) is 13.0 Å². The molecular weight excluding hydrogens is 200 g/mol. The predicted octanol–water partition coefficient (Wildman–Crippen LogP) is -0.373. The van der Waals surface area contributed by atoms with E-state index in [0.717, 1.165) is 12.8 Å². The largest absolute Gasteiger partial charge is 0.481 e. The molecule has 1 saturated carbocycles. The first kappa shape index (κ1) is 11.8. The standard InChI is InChI=1S/C9H16N2O4/c12-6-5-11(7-1-2-7)9(15)10-4-3-8(13)14/h7,12H,1-6H2,(H,10,15)(H,13,14). The smallest absolute Gasteiger partial charge is 0.317 e. The number of aliphatic carboxylic acids is 1. The highest BCUT2D eigenvalue weighted by molar-refractivity contribution is 5.75. The average molecular weight is 216 g/mol. The van der Waals surface area contributed by atoms with Crippen molar-refractivity contribution in [1.29, 1.82) is 0 Å². The van der Waals surface area contributed by atoms with Crippen LogP contribution in [-0.4, -0.2) is 52.9 Å². The second-order valence-electron chi connectivity index (χ2n) is 3.52. The molecule has 0 atom stereocenters. The molecule has 1 fully saturated rings. The monoisotopic (exact) mass is 216 g/mol. The number of aliphatic hydroxyl groups is 1. The van der Waals surface area contributed by atoms with Crippen LogP contribution >= 0.6 is 0 Å². The van der Waals surface area contributed by atoms with Crippen molar-refractivity contribution in [3.05, 3.63) is 0 Å². The molecule has 3 N–H and O–H groups in total. The number of nitrogens with one attached hydrogen (secondary N) is 1. The van der Waals surface area contributed by atoms with E-state index in [2.05, 4.69) is 5.32 Å². The van der Waals surface area contributed by atoms with E-state index in [4.69, 9.17) is 10.2 Å². The topological polar surface area (TPSA) is 89.9 Å². The van der Waals surface area contributed by atoms with Crippen LogP contribution in [0.5, 0.6) is 0 Å². The maximum absolute atomic E-state index is 11.5. The van der Waals surface area contributed by atoms with Gasteiger partial charge in [-0.15, -0.1) is 0 Å². The highest BCUT2D eigenvalue weighted by Crippen LogP contribution is 2.26. The van der Waals surface area contributed by atoms with Crippen LogP contribution in [-0.2, 0) is 4.79 Å². The zero-order valence-corrected chi connectivity index (χ0v) is 8.48. The third kappa shape index (κ3) is 4.16. The van der Waals surface area contributed by atoms with Gasteiger partial charge in [0.2, 0.25) is 0 Å². The van der Waals surface area contributed by atoms with E-state index in [1.807, 2.05) is 0 Å². The Hall–Kier alpha value is -1.30. The van der Waals surface area contributed by atoms with Crippen LogP contribution in [0.4, 0.5) is 4.79 Å². The molecular formula is C9H16N2O4. The summed E-state index contributed by atoms with van der Waals surface area (Å²) in [5.74, 6) is -0.935. The first-order valence-electron chi connectivity index (χ1n) is 5.02. The number of carboxylic acid groups (broad SMARTS) is 1. The lowest BCUT2D eigenvalue weighted by atomic mass is 10.4. The van der Waals surface area contributed by atoms with Gasteiger partial charge in [-0.1, -0.05) is 0 Å². The number of hydrogen-bond donors (Lipinski definition) is 3. The Kier molecular flexibility index (Phi) is 4.36. The molecule has 0 saturated heterocycles. The summed E-state index contributed by atoms with van der Waals surface area (Å²) in [4.78, 5) is 23.3. The molecule has 6 nitrogen and oxygen atoms in total. The van der Waals surface area contributed by atoms with Crippen LogP contribution in [0.2, 0.25) is 0 Å². The van der Waals surface area contributed by atoms with E-state index in [9.17, 15) is 9.59 Å². The summed E-state index contributed by atoms with van der Waals surface area (Å²) in [6.07, 6.45) is 1.85. The zero-order chi connectivity index (χ0) is 11.3. The maximum Gasteiger partial charge on any atom is 0.317 e. The Morgan fingerprint density at radius 3 is 2.53 bits per heavy atom. The Morgan fingerprint density at radius 1 is 1.40 bits per heavy atom. The number of carbonyl (C=O) groups is 2. The van der Waals surface area contributed by atoms with Crippen LogP contribution in [0, 0.1) is 0 Å². The van der Waals surface area contributed by atoms with E-state index in [1.54, 1.807) is 4.90 Å². The predicted molar refractivity (Wildman–Crippen MR) is 52.5 cm³/mol. The number of carbonyl (C=O) groups excluding carboxylic acids is 1. The van der Waals surface area contributed by atoms with Crippen molar-refractivity contribution in [2.45, 2.75) is 25.3 Å². The van der Waals surface area contributed by atoms with Crippen molar-refractivity contribution < 1.29 is 19.8 Å². The molecule has 0 spiro atoms. The minimum Gasteiger partial charge on any atom is -0.481 e. The van der Waals surface area contributed by atoms with Crippen molar-refractivity contribution in [3.63, 3.8) is 0 Å². The molecule has 86 valence electrons. The number of urea groups is 1. The Morgan fingerprint density at radius 2 is 2.07 bits per heavy atom. The molecule has 0 aromatic heterocycles. The van der Waals surface area contributed by atoms with Crippen molar-refractivity contribution in [1.82, 2.24) is 10.2 Å². The lowest BCUT2D eigenvalue weighted by Crippen LogP contribution is -2.43. The SMILES string of the molecule is O=C(O)CCNC(=O)N(CCO)C1CC1. The second kappa shape index (κ2) is 5.55. The van der Waals surface area contributed by atoms with Gasteiger partial charge in [0.25, 0.3) is 0 Å². The Balaban J connectivity index is 2.25. The molecule has 1 rings (SSSR count). The minimum absolute atomic E-state index is 0.0666. The summed E-state index contributed by atoms with van der Waals surface area (Å²) in [7, 11) is 0. The van der Waals surface area contributed by atoms with E-state index in [0.29, 0.717) is 6.54 Å². The fourth-order valence-corrected chi connectivity index (χ4v) is 1.32. The lowest BCUT2D eigenvalue weighted by molar-refractivity contribution is -0.136. The van der Waals surface area contributed by atoms with Crippen LogP contribution in [0.25, 0.3) is 0 Å². The van der Waals surface area contributed by atoms with E-state index >= 15 is 0 Å². The molecule has 2 amide bonds. The van der Waals surface area contributed by atoms with Crippen LogP contribution in [0.15, 0.2) is 0 Å².